The minimum absolute atomic E-state index is 0.370. The summed E-state index contributed by atoms with van der Waals surface area (Å²) >= 11 is 6.29. The second kappa shape index (κ2) is 4.79. The van der Waals surface area contributed by atoms with Gasteiger partial charge in [-0.1, -0.05) is 22.5 Å². The highest BCUT2D eigenvalue weighted by Crippen LogP contribution is 2.26. The van der Waals surface area contributed by atoms with Crippen molar-refractivity contribution < 1.29 is 4.39 Å². The van der Waals surface area contributed by atoms with E-state index in [-0.39, 0.29) is 5.82 Å². The molecule has 0 aliphatic heterocycles. The van der Waals surface area contributed by atoms with Gasteiger partial charge in [-0.15, -0.1) is 0 Å². The molecule has 0 amide bonds. The number of halogens is 3. The molecule has 14 heavy (non-hydrogen) atoms. The number of benzene rings is 1. The highest BCUT2D eigenvalue weighted by atomic mass is 79.9. The quantitative estimate of drug-likeness (QED) is 0.836. The average molecular weight is 324 g/mol. The van der Waals surface area contributed by atoms with Crippen LogP contribution < -0.4 is 11.1 Å². The lowest BCUT2D eigenvalue weighted by Gasteiger charge is -2.09. The van der Waals surface area contributed by atoms with E-state index in [2.05, 4.69) is 43.8 Å². The lowest BCUT2D eigenvalue weighted by molar-refractivity contribution is 0.622. The van der Waals surface area contributed by atoms with Crippen LogP contribution in [0.5, 0.6) is 0 Å². The van der Waals surface area contributed by atoms with Gasteiger partial charge in [0, 0.05) is 17.1 Å². The van der Waals surface area contributed by atoms with E-state index in [9.17, 15) is 4.39 Å². The summed E-state index contributed by atoms with van der Waals surface area (Å²) in [5.74, 6) is -0.370. The summed E-state index contributed by atoms with van der Waals surface area (Å²) in [4.78, 5) is 0. The van der Waals surface area contributed by atoms with Gasteiger partial charge in [0.25, 0.3) is 0 Å². The van der Waals surface area contributed by atoms with E-state index in [1.165, 1.54) is 6.07 Å². The van der Waals surface area contributed by atoms with Crippen LogP contribution in [0.3, 0.4) is 0 Å². The summed E-state index contributed by atoms with van der Waals surface area (Å²) in [7, 11) is 0. The van der Waals surface area contributed by atoms with Crippen LogP contribution in [-0.2, 0) is 0 Å². The highest BCUT2D eigenvalue weighted by molar-refractivity contribution is 9.11. The Morgan fingerprint density at radius 2 is 2.21 bits per heavy atom. The average Bonchev–Trinajstić information content (AvgIpc) is 2.09. The Bertz CT molecular complexity index is 366. The third kappa shape index (κ3) is 2.99. The second-order valence-corrected chi connectivity index (χ2v) is 4.70. The van der Waals surface area contributed by atoms with Gasteiger partial charge in [0.15, 0.2) is 0 Å². The van der Waals surface area contributed by atoms with Crippen molar-refractivity contribution in [2.75, 3.05) is 17.6 Å². The molecular formula is C9H9Br2FN2. The molecule has 0 saturated heterocycles. The van der Waals surface area contributed by atoms with E-state index in [1.807, 2.05) is 0 Å². The van der Waals surface area contributed by atoms with E-state index in [4.69, 9.17) is 5.73 Å². The number of nitrogens with two attached hydrogens (primary N) is 1. The van der Waals surface area contributed by atoms with Gasteiger partial charge in [0.1, 0.15) is 5.82 Å². The number of anilines is 2. The van der Waals surface area contributed by atoms with E-state index in [1.54, 1.807) is 6.07 Å². The maximum atomic E-state index is 13.0. The Morgan fingerprint density at radius 3 is 2.79 bits per heavy atom. The van der Waals surface area contributed by atoms with Crippen LogP contribution in [-0.4, -0.2) is 6.54 Å². The third-order valence-corrected chi connectivity index (χ3v) is 2.45. The van der Waals surface area contributed by atoms with Crippen LogP contribution in [0.15, 0.2) is 27.7 Å². The molecule has 0 aliphatic rings. The molecule has 0 fully saturated rings. The van der Waals surface area contributed by atoms with Crippen molar-refractivity contribution in [3.63, 3.8) is 0 Å². The molecule has 0 radical (unpaired) electrons. The van der Waals surface area contributed by atoms with Crippen LogP contribution in [0.2, 0.25) is 0 Å². The fourth-order valence-electron chi connectivity index (χ4n) is 0.906. The van der Waals surface area contributed by atoms with Crippen molar-refractivity contribution in [2.24, 2.45) is 0 Å². The van der Waals surface area contributed by atoms with Crippen molar-refractivity contribution in [2.45, 2.75) is 0 Å². The third-order valence-electron chi connectivity index (χ3n) is 1.56. The van der Waals surface area contributed by atoms with Crippen molar-refractivity contribution in [1.82, 2.24) is 0 Å². The molecule has 76 valence electrons. The molecule has 1 aromatic rings. The van der Waals surface area contributed by atoms with Crippen LogP contribution in [0.25, 0.3) is 0 Å². The van der Waals surface area contributed by atoms with E-state index in [0.29, 0.717) is 22.4 Å². The van der Waals surface area contributed by atoms with Crippen LogP contribution in [0.1, 0.15) is 0 Å². The lowest BCUT2D eigenvalue weighted by atomic mass is 10.2. The zero-order valence-electron chi connectivity index (χ0n) is 7.28. The summed E-state index contributed by atoms with van der Waals surface area (Å²) in [5, 5.41) is 3.01. The smallest absolute Gasteiger partial charge is 0.139 e. The topological polar surface area (TPSA) is 38.0 Å². The Morgan fingerprint density at radius 1 is 1.57 bits per heavy atom. The van der Waals surface area contributed by atoms with Gasteiger partial charge < -0.3 is 11.1 Å². The fraction of sp³-hybridized carbons (Fsp3) is 0.111. The molecule has 1 rings (SSSR count). The Labute approximate surface area is 98.6 Å². The molecule has 0 unspecified atom stereocenters. The predicted octanol–water partition coefficient (Wildman–Crippen LogP) is 3.49. The summed E-state index contributed by atoms with van der Waals surface area (Å²) in [6.07, 6.45) is 0. The molecule has 0 spiro atoms. The minimum atomic E-state index is -0.370. The Hall–Kier alpha value is -0.550. The highest BCUT2D eigenvalue weighted by Gasteiger charge is 2.05. The van der Waals surface area contributed by atoms with Gasteiger partial charge in [-0.25, -0.2) is 4.39 Å². The molecule has 0 heterocycles. The first-order valence-electron chi connectivity index (χ1n) is 3.82. The zero-order valence-corrected chi connectivity index (χ0v) is 10.5. The molecule has 1 aromatic carbocycles. The predicted molar refractivity (Wildman–Crippen MR) is 65.1 cm³/mol. The first-order valence-corrected chi connectivity index (χ1v) is 5.41. The van der Waals surface area contributed by atoms with E-state index >= 15 is 0 Å². The monoisotopic (exact) mass is 322 g/mol. The summed E-state index contributed by atoms with van der Waals surface area (Å²) < 4.78 is 14.2. The fourth-order valence-corrected chi connectivity index (χ4v) is 1.39. The number of rotatable bonds is 3. The normalized spacial score (nSPS) is 9.93. The maximum absolute atomic E-state index is 13.0. The molecule has 5 heteroatoms. The van der Waals surface area contributed by atoms with E-state index in [0.717, 1.165) is 4.48 Å². The molecular weight excluding hydrogens is 315 g/mol. The first-order chi connectivity index (χ1) is 6.50. The van der Waals surface area contributed by atoms with Gasteiger partial charge in [-0.2, -0.15) is 0 Å². The summed E-state index contributed by atoms with van der Waals surface area (Å²) in [6.45, 7) is 4.21. The molecule has 0 aliphatic carbocycles. The van der Waals surface area contributed by atoms with Crippen molar-refractivity contribution in [1.29, 1.82) is 0 Å². The number of nitrogens with one attached hydrogen (secondary N) is 1. The van der Waals surface area contributed by atoms with Gasteiger partial charge in [-0.05, 0) is 22.0 Å². The van der Waals surface area contributed by atoms with Gasteiger partial charge in [0.05, 0.1) is 15.8 Å². The van der Waals surface area contributed by atoms with Crippen LogP contribution in [0.4, 0.5) is 15.8 Å². The van der Waals surface area contributed by atoms with Gasteiger partial charge in [-0.3, -0.25) is 0 Å². The largest absolute Gasteiger partial charge is 0.397 e. The Balaban J connectivity index is 2.87. The molecule has 0 bridgehead atoms. The molecule has 2 nitrogen and oxygen atoms in total. The maximum Gasteiger partial charge on any atom is 0.139 e. The van der Waals surface area contributed by atoms with Gasteiger partial charge in [0.2, 0.25) is 0 Å². The van der Waals surface area contributed by atoms with Crippen molar-refractivity contribution in [3.8, 4) is 0 Å². The number of hydrogen-bond acceptors (Lipinski definition) is 2. The van der Waals surface area contributed by atoms with Crippen LogP contribution >= 0.6 is 31.9 Å². The first kappa shape index (κ1) is 11.5. The second-order valence-electron chi connectivity index (χ2n) is 2.72. The molecule has 0 aromatic heterocycles. The van der Waals surface area contributed by atoms with E-state index < -0.39 is 0 Å². The van der Waals surface area contributed by atoms with Gasteiger partial charge >= 0.3 is 0 Å². The van der Waals surface area contributed by atoms with Crippen molar-refractivity contribution >= 4 is 43.2 Å². The van der Waals surface area contributed by atoms with Crippen molar-refractivity contribution in [3.05, 3.63) is 33.5 Å². The number of hydrogen-bond donors (Lipinski definition) is 2. The minimum Gasteiger partial charge on any atom is -0.397 e. The summed E-state index contributed by atoms with van der Waals surface area (Å²) in [6, 6.07) is 2.87. The Kier molecular flexibility index (Phi) is 3.95. The molecule has 0 atom stereocenters. The standard InChI is InChI=1S/C9H9Br2FN2/c1-5(10)4-14-9-2-6(11)7(12)3-8(9)13/h2-3,14H,1,4,13H2. The summed E-state index contributed by atoms with van der Waals surface area (Å²) in [5.41, 5.74) is 6.66. The zero-order chi connectivity index (χ0) is 10.7. The van der Waals surface area contributed by atoms with Crippen LogP contribution in [0, 0.1) is 5.82 Å². The lowest BCUT2D eigenvalue weighted by Crippen LogP contribution is -2.04. The number of nitrogen functional groups attached to an aromatic ring is 1. The molecule has 3 N–H and O–H groups in total. The SMILES string of the molecule is C=C(Br)CNc1cc(Br)c(F)cc1N. The molecule has 0 saturated carbocycles.